The number of carbonyl (C=O) groups is 2. The topological polar surface area (TPSA) is 100 Å². The lowest BCUT2D eigenvalue weighted by atomic mass is 10.0. The molecule has 0 unspecified atom stereocenters. The SMILES string of the molecule is Cn1cncc1COC(=O)N1CCc2c(sc(NC(=O)CCc3ccccc3)c2C#N)C1. The molecule has 3 heterocycles. The van der Waals surface area contributed by atoms with Crippen molar-refractivity contribution in [2.24, 2.45) is 7.05 Å². The molecule has 0 aliphatic carbocycles. The predicted octanol–water partition coefficient (Wildman–Crippen LogP) is 3.62. The molecule has 0 spiro atoms. The smallest absolute Gasteiger partial charge is 0.410 e. The number of amides is 2. The third-order valence-electron chi connectivity index (χ3n) is 5.42. The minimum Gasteiger partial charge on any atom is -0.443 e. The second kappa shape index (κ2) is 9.66. The van der Waals surface area contributed by atoms with Crippen LogP contribution in [-0.2, 0) is 42.6 Å². The van der Waals surface area contributed by atoms with Gasteiger partial charge in [-0.25, -0.2) is 9.78 Å². The summed E-state index contributed by atoms with van der Waals surface area (Å²) in [4.78, 5) is 31.5. The van der Waals surface area contributed by atoms with Gasteiger partial charge in [-0.3, -0.25) is 4.79 Å². The monoisotopic (exact) mass is 449 g/mol. The predicted molar refractivity (Wildman–Crippen MR) is 120 cm³/mol. The van der Waals surface area contributed by atoms with Crippen molar-refractivity contribution in [3.63, 3.8) is 0 Å². The summed E-state index contributed by atoms with van der Waals surface area (Å²) in [5, 5.41) is 13.1. The Morgan fingerprint density at radius 2 is 2.12 bits per heavy atom. The van der Waals surface area contributed by atoms with E-state index in [0.29, 0.717) is 42.9 Å². The molecule has 3 aromatic rings. The average Bonchev–Trinajstić information content (AvgIpc) is 3.38. The number of aromatic nitrogens is 2. The summed E-state index contributed by atoms with van der Waals surface area (Å²) in [5.41, 5.74) is 3.31. The third kappa shape index (κ3) is 4.81. The van der Waals surface area contributed by atoms with Crippen molar-refractivity contribution in [2.45, 2.75) is 32.4 Å². The summed E-state index contributed by atoms with van der Waals surface area (Å²) < 4.78 is 7.22. The Bertz CT molecular complexity index is 1160. The maximum absolute atomic E-state index is 12.5. The third-order valence-corrected chi connectivity index (χ3v) is 6.56. The Kier molecular flexibility index (Phi) is 6.52. The Labute approximate surface area is 190 Å². The van der Waals surface area contributed by atoms with Crippen LogP contribution in [0.1, 0.15) is 33.7 Å². The maximum Gasteiger partial charge on any atom is 0.410 e. The highest BCUT2D eigenvalue weighted by molar-refractivity contribution is 7.16. The molecular weight excluding hydrogens is 426 g/mol. The average molecular weight is 450 g/mol. The molecule has 1 aromatic carbocycles. The van der Waals surface area contributed by atoms with Crippen LogP contribution in [0.25, 0.3) is 0 Å². The first-order valence-corrected chi connectivity index (χ1v) is 11.1. The van der Waals surface area contributed by atoms with Crippen molar-refractivity contribution in [1.29, 1.82) is 5.26 Å². The van der Waals surface area contributed by atoms with Gasteiger partial charge in [0, 0.05) is 24.9 Å². The number of aryl methyl sites for hydroxylation is 2. The Morgan fingerprint density at radius 3 is 2.84 bits per heavy atom. The van der Waals surface area contributed by atoms with Crippen LogP contribution >= 0.6 is 11.3 Å². The number of nitrogens with zero attached hydrogens (tertiary/aromatic N) is 4. The van der Waals surface area contributed by atoms with Crippen molar-refractivity contribution in [3.05, 3.63) is 70.1 Å². The van der Waals surface area contributed by atoms with E-state index < -0.39 is 6.09 Å². The van der Waals surface area contributed by atoms with Crippen LogP contribution in [-0.4, -0.2) is 33.0 Å². The van der Waals surface area contributed by atoms with Gasteiger partial charge in [0.05, 0.1) is 30.3 Å². The van der Waals surface area contributed by atoms with E-state index >= 15 is 0 Å². The molecule has 0 bridgehead atoms. The minimum absolute atomic E-state index is 0.128. The molecule has 1 aliphatic heterocycles. The second-order valence-corrected chi connectivity index (χ2v) is 8.68. The summed E-state index contributed by atoms with van der Waals surface area (Å²) in [6.45, 7) is 0.970. The van der Waals surface area contributed by atoms with E-state index in [1.165, 1.54) is 11.3 Å². The zero-order valence-corrected chi connectivity index (χ0v) is 18.5. The van der Waals surface area contributed by atoms with Crippen LogP contribution in [0.3, 0.4) is 0 Å². The lowest BCUT2D eigenvalue weighted by Crippen LogP contribution is -2.35. The standard InChI is InChI=1S/C23H23N5O3S/c1-27-15-25-12-17(27)14-31-23(30)28-10-9-18-19(11-24)22(32-20(18)13-28)26-21(29)8-7-16-5-3-2-4-6-16/h2-6,12,15H,7-10,13-14H2,1H3,(H,26,29). The molecule has 2 amide bonds. The highest BCUT2D eigenvalue weighted by Gasteiger charge is 2.28. The van der Waals surface area contributed by atoms with Gasteiger partial charge < -0.3 is 19.5 Å². The highest BCUT2D eigenvalue weighted by atomic mass is 32.1. The molecule has 0 radical (unpaired) electrons. The van der Waals surface area contributed by atoms with Crippen molar-refractivity contribution in [2.75, 3.05) is 11.9 Å². The van der Waals surface area contributed by atoms with E-state index in [1.807, 2.05) is 37.4 Å². The fourth-order valence-corrected chi connectivity index (χ4v) is 4.84. The molecule has 1 N–H and O–H groups in total. The van der Waals surface area contributed by atoms with Gasteiger partial charge in [-0.1, -0.05) is 30.3 Å². The molecule has 0 saturated heterocycles. The summed E-state index contributed by atoms with van der Waals surface area (Å²) in [5.74, 6) is -0.128. The first-order chi connectivity index (χ1) is 15.5. The number of benzene rings is 1. The number of rotatable bonds is 6. The van der Waals surface area contributed by atoms with Gasteiger partial charge in [0.2, 0.25) is 5.91 Å². The van der Waals surface area contributed by atoms with Gasteiger partial charge in [0.15, 0.2) is 0 Å². The molecule has 8 nitrogen and oxygen atoms in total. The number of fused-ring (bicyclic) bond motifs is 1. The molecule has 0 atom stereocenters. The van der Waals surface area contributed by atoms with Gasteiger partial charge in [-0.15, -0.1) is 11.3 Å². The Hall–Kier alpha value is -3.64. The number of ether oxygens (including phenoxy) is 1. The van der Waals surface area contributed by atoms with Crippen molar-refractivity contribution in [3.8, 4) is 6.07 Å². The van der Waals surface area contributed by atoms with Crippen LogP contribution in [0, 0.1) is 11.3 Å². The lowest BCUT2D eigenvalue weighted by molar-refractivity contribution is -0.116. The Morgan fingerprint density at radius 1 is 1.31 bits per heavy atom. The normalized spacial score (nSPS) is 12.7. The van der Waals surface area contributed by atoms with E-state index in [2.05, 4.69) is 16.4 Å². The number of thiophene rings is 1. The summed E-state index contributed by atoms with van der Waals surface area (Å²) in [7, 11) is 1.84. The van der Waals surface area contributed by atoms with Gasteiger partial charge >= 0.3 is 6.09 Å². The van der Waals surface area contributed by atoms with E-state index in [-0.39, 0.29) is 12.5 Å². The molecule has 0 fully saturated rings. The maximum atomic E-state index is 12.5. The van der Waals surface area contributed by atoms with Crippen LogP contribution in [0.5, 0.6) is 0 Å². The van der Waals surface area contributed by atoms with E-state index in [0.717, 1.165) is 21.7 Å². The lowest BCUT2D eigenvalue weighted by Gasteiger charge is -2.26. The summed E-state index contributed by atoms with van der Waals surface area (Å²) in [6, 6.07) is 12.0. The van der Waals surface area contributed by atoms with Crippen LogP contribution < -0.4 is 5.32 Å². The molecule has 1 aliphatic rings. The second-order valence-electron chi connectivity index (χ2n) is 7.58. The zero-order valence-electron chi connectivity index (χ0n) is 17.7. The molecular formula is C23H23N5O3S. The molecule has 32 heavy (non-hydrogen) atoms. The first-order valence-electron chi connectivity index (χ1n) is 10.3. The number of nitriles is 1. The van der Waals surface area contributed by atoms with Crippen molar-refractivity contribution >= 4 is 28.3 Å². The number of anilines is 1. The first kappa shape index (κ1) is 21.6. The van der Waals surface area contributed by atoms with Gasteiger partial charge in [0.25, 0.3) is 0 Å². The highest BCUT2D eigenvalue weighted by Crippen LogP contribution is 2.37. The summed E-state index contributed by atoms with van der Waals surface area (Å²) >= 11 is 1.36. The van der Waals surface area contributed by atoms with Crippen LogP contribution in [0.2, 0.25) is 0 Å². The summed E-state index contributed by atoms with van der Waals surface area (Å²) in [6.07, 6.45) is 4.43. The van der Waals surface area contributed by atoms with Crippen molar-refractivity contribution in [1.82, 2.24) is 14.5 Å². The number of carbonyl (C=O) groups excluding carboxylic acids is 2. The number of hydrogen-bond acceptors (Lipinski definition) is 6. The quantitative estimate of drug-likeness (QED) is 0.620. The van der Waals surface area contributed by atoms with Gasteiger partial charge in [0.1, 0.15) is 17.7 Å². The molecule has 164 valence electrons. The fourth-order valence-electron chi connectivity index (χ4n) is 3.61. The van der Waals surface area contributed by atoms with Crippen molar-refractivity contribution < 1.29 is 14.3 Å². The number of imidazole rings is 1. The van der Waals surface area contributed by atoms with Gasteiger partial charge in [-0.05, 0) is 24.0 Å². The Balaban J connectivity index is 1.37. The van der Waals surface area contributed by atoms with E-state index in [9.17, 15) is 14.9 Å². The van der Waals surface area contributed by atoms with E-state index in [4.69, 9.17) is 4.74 Å². The zero-order chi connectivity index (χ0) is 22.5. The van der Waals surface area contributed by atoms with Crippen LogP contribution in [0.15, 0.2) is 42.9 Å². The number of hydrogen-bond donors (Lipinski definition) is 1. The van der Waals surface area contributed by atoms with E-state index in [1.54, 1.807) is 22.0 Å². The minimum atomic E-state index is -0.405. The van der Waals surface area contributed by atoms with Crippen LogP contribution in [0.4, 0.5) is 9.80 Å². The molecule has 4 rings (SSSR count). The molecule has 9 heteroatoms. The van der Waals surface area contributed by atoms with Gasteiger partial charge in [-0.2, -0.15) is 5.26 Å². The number of nitrogens with one attached hydrogen (secondary N) is 1. The largest absolute Gasteiger partial charge is 0.443 e. The molecule has 2 aromatic heterocycles. The fraction of sp³-hybridized carbons (Fsp3) is 0.304. The molecule has 0 saturated carbocycles.